The van der Waals surface area contributed by atoms with Gasteiger partial charge in [0.05, 0.1) is 4.90 Å². The fourth-order valence-electron chi connectivity index (χ4n) is 2.35. The van der Waals surface area contributed by atoms with Crippen molar-refractivity contribution in [1.82, 2.24) is 10.0 Å². The number of amides is 1. The van der Waals surface area contributed by atoms with Crippen molar-refractivity contribution in [3.8, 4) is 0 Å². The number of rotatable bonds is 7. The molecule has 0 saturated heterocycles. The predicted octanol–water partition coefficient (Wildman–Crippen LogP) is 2.24. The largest absolute Gasteiger partial charge is 0.349 e. The Morgan fingerprint density at radius 1 is 1.04 bits per heavy atom. The van der Waals surface area contributed by atoms with Gasteiger partial charge in [0.15, 0.2) is 0 Å². The van der Waals surface area contributed by atoms with Crippen LogP contribution in [0, 0.1) is 5.82 Å². The summed E-state index contributed by atoms with van der Waals surface area (Å²) in [6.45, 7) is 0.206. The van der Waals surface area contributed by atoms with Crippen molar-refractivity contribution in [2.24, 2.45) is 0 Å². The van der Waals surface area contributed by atoms with Crippen LogP contribution in [0.4, 0.5) is 4.39 Å². The molecule has 0 heterocycles. The molecule has 5 nitrogen and oxygen atoms in total. The SMILES string of the molecule is O=C(NC1CC1)c1ccc(S(=O)(=O)NCCc2ccc(F)cc2)cc1. The smallest absolute Gasteiger partial charge is 0.251 e. The Hall–Kier alpha value is -2.25. The maximum absolute atomic E-state index is 12.8. The molecule has 2 aromatic rings. The standard InChI is InChI=1S/C18H19FN2O3S/c19-15-5-1-13(2-6-15)11-12-20-25(23,24)17-9-3-14(4-10-17)18(22)21-16-7-8-16/h1-6,9-10,16,20H,7-8,11-12H2,(H,21,22). The Balaban J connectivity index is 1.57. The molecule has 132 valence electrons. The summed E-state index contributed by atoms with van der Waals surface area (Å²) in [5.74, 6) is -0.508. The van der Waals surface area contributed by atoms with Gasteiger partial charge in [0.1, 0.15) is 5.82 Å². The highest BCUT2D eigenvalue weighted by Gasteiger charge is 2.24. The van der Waals surface area contributed by atoms with Gasteiger partial charge in [-0.25, -0.2) is 17.5 Å². The Bertz CT molecular complexity index is 845. The first-order chi connectivity index (χ1) is 11.9. The molecule has 1 aliphatic carbocycles. The molecule has 0 unspecified atom stereocenters. The fourth-order valence-corrected chi connectivity index (χ4v) is 3.38. The Morgan fingerprint density at radius 2 is 1.68 bits per heavy atom. The van der Waals surface area contributed by atoms with Gasteiger partial charge in [0, 0.05) is 18.2 Å². The molecule has 0 spiro atoms. The lowest BCUT2D eigenvalue weighted by Crippen LogP contribution is -2.27. The van der Waals surface area contributed by atoms with Crippen LogP contribution in [0.15, 0.2) is 53.4 Å². The van der Waals surface area contributed by atoms with Crippen LogP contribution in [0.5, 0.6) is 0 Å². The maximum atomic E-state index is 12.8. The van der Waals surface area contributed by atoms with Gasteiger partial charge in [-0.05, 0) is 61.2 Å². The zero-order chi connectivity index (χ0) is 17.9. The molecule has 1 saturated carbocycles. The van der Waals surface area contributed by atoms with Crippen molar-refractivity contribution < 1.29 is 17.6 Å². The van der Waals surface area contributed by atoms with E-state index in [-0.39, 0.29) is 29.2 Å². The van der Waals surface area contributed by atoms with E-state index >= 15 is 0 Å². The second kappa shape index (κ2) is 7.33. The molecule has 1 aliphatic rings. The van der Waals surface area contributed by atoms with Gasteiger partial charge >= 0.3 is 0 Å². The number of hydrogen-bond donors (Lipinski definition) is 2. The van der Waals surface area contributed by atoms with Gasteiger partial charge in [-0.2, -0.15) is 0 Å². The van der Waals surface area contributed by atoms with Gasteiger partial charge in [0.25, 0.3) is 5.91 Å². The highest BCUT2D eigenvalue weighted by atomic mass is 32.2. The van der Waals surface area contributed by atoms with Crippen molar-refractivity contribution in [3.63, 3.8) is 0 Å². The van der Waals surface area contributed by atoms with Crippen LogP contribution in [-0.4, -0.2) is 26.9 Å². The highest BCUT2D eigenvalue weighted by Crippen LogP contribution is 2.19. The van der Waals surface area contributed by atoms with E-state index in [0.29, 0.717) is 12.0 Å². The summed E-state index contributed by atoms with van der Waals surface area (Å²) in [5.41, 5.74) is 1.29. The summed E-state index contributed by atoms with van der Waals surface area (Å²) in [6, 6.07) is 12.0. The van der Waals surface area contributed by atoms with Crippen LogP contribution in [0.1, 0.15) is 28.8 Å². The predicted molar refractivity (Wildman–Crippen MR) is 92.2 cm³/mol. The number of hydrogen-bond acceptors (Lipinski definition) is 3. The van der Waals surface area contributed by atoms with Crippen molar-refractivity contribution in [2.45, 2.75) is 30.2 Å². The summed E-state index contributed by atoms with van der Waals surface area (Å²) in [4.78, 5) is 12.0. The fraction of sp³-hybridized carbons (Fsp3) is 0.278. The second-order valence-corrected chi connectivity index (χ2v) is 7.81. The summed E-state index contributed by atoms with van der Waals surface area (Å²) in [7, 11) is -3.65. The Labute approximate surface area is 146 Å². The van der Waals surface area contributed by atoms with E-state index in [2.05, 4.69) is 10.0 Å². The maximum Gasteiger partial charge on any atom is 0.251 e. The third-order valence-corrected chi connectivity index (χ3v) is 5.44. The van der Waals surface area contributed by atoms with Crippen molar-refractivity contribution in [2.75, 3.05) is 6.54 Å². The zero-order valence-corrected chi connectivity index (χ0v) is 14.4. The number of sulfonamides is 1. The van der Waals surface area contributed by atoms with Gasteiger partial charge in [-0.1, -0.05) is 12.1 Å². The monoisotopic (exact) mass is 362 g/mol. The topological polar surface area (TPSA) is 75.3 Å². The molecule has 0 atom stereocenters. The minimum atomic E-state index is -3.65. The zero-order valence-electron chi connectivity index (χ0n) is 13.5. The van der Waals surface area contributed by atoms with Crippen LogP contribution >= 0.6 is 0 Å². The molecule has 0 aromatic heterocycles. The quantitative estimate of drug-likeness (QED) is 0.793. The van der Waals surface area contributed by atoms with Gasteiger partial charge in [-0.3, -0.25) is 4.79 Å². The van der Waals surface area contributed by atoms with Gasteiger partial charge in [0.2, 0.25) is 10.0 Å². The van der Waals surface area contributed by atoms with E-state index in [1.165, 1.54) is 36.4 Å². The summed E-state index contributed by atoms with van der Waals surface area (Å²) < 4.78 is 39.9. The number of halogens is 1. The van der Waals surface area contributed by atoms with Crippen LogP contribution in [-0.2, 0) is 16.4 Å². The molecule has 2 aromatic carbocycles. The molecule has 1 fully saturated rings. The lowest BCUT2D eigenvalue weighted by atomic mass is 10.1. The van der Waals surface area contributed by atoms with Crippen LogP contribution in [0.2, 0.25) is 0 Å². The Morgan fingerprint density at radius 3 is 2.28 bits per heavy atom. The highest BCUT2D eigenvalue weighted by molar-refractivity contribution is 7.89. The molecule has 25 heavy (non-hydrogen) atoms. The molecule has 1 amide bonds. The first kappa shape index (κ1) is 17.6. The van der Waals surface area contributed by atoms with E-state index in [0.717, 1.165) is 18.4 Å². The molecule has 3 rings (SSSR count). The van der Waals surface area contributed by atoms with Crippen molar-refractivity contribution in [3.05, 3.63) is 65.5 Å². The van der Waals surface area contributed by atoms with Crippen LogP contribution in [0.3, 0.4) is 0 Å². The molecule has 0 bridgehead atoms. The minimum Gasteiger partial charge on any atom is -0.349 e. The van der Waals surface area contributed by atoms with Gasteiger partial charge in [-0.15, -0.1) is 0 Å². The third-order valence-electron chi connectivity index (χ3n) is 3.96. The minimum absolute atomic E-state index is 0.106. The normalized spacial score (nSPS) is 14.3. The number of nitrogens with one attached hydrogen (secondary N) is 2. The molecular weight excluding hydrogens is 343 g/mol. The molecular formula is C18H19FN2O3S. The lowest BCUT2D eigenvalue weighted by molar-refractivity contribution is 0.0951. The molecule has 0 radical (unpaired) electrons. The van der Waals surface area contributed by atoms with E-state index in [1.54, 1.807) is 12.1 Å². The number of carbonyl (C=O) groups excluding carboxylic acids is 1. The summed E-state index contributed by atoms with van der Waals surface area (Å²) >= 11 is 0. The van der Waals surface area contributed by atoms with Gasteiger partial charge < -0.3 is 5.32 Å². The average molecular weight is 362 g/mol. The van der Waals surface area contributed by atoms with Crippen LogP contribution in [0.25, 0.3) is 0 Å². The molecule has 7 heteroatoms. The van der Waals surface area contributed by atoms with E-state index in [1.807, 2.05) is 0 Å². The van der Waals surface area contributed by atoms with Crippen LogP contribution < -0.4 is 10.0 Å². The summed E-state index contributed by atoms with van der Waals surface area (Å²) in [5, 5.41) is 2.85. The summed E-state index contributed by atoms with van der Waals surface area (Å²) in [6.07, 6.45) is 2.45. The van der Waals surface area contributed by atoms with E-state index < -0.39 is 10.0 Å². The second-order valence-electron chi connectivity index (χ2n) is 6.05. The third kappa shape index (κ3) is 4.87. The van der Waals surface area contributed by atoms with Crippen molar-refractivity contribution in [1.29, 1.82) is 0 Å². The number of benzene rings is 2. The van der Waals surface area contributed by atoms with E-state index in [9.17, 15) is 17.6 Å². The van der Waals surface area contributed by atoms with Crippen molar-refractivity contribution >= 4 is 15.9 Å². The lowest BCUT2D eigenvalue weighted by Gasteiger charge is -2.08. The molecule has 2 N–H and O–H groups in total. The Kier molecular flexibility index (Phi) is 5.15. The first-order valence-corrected chi connectivity index (χ1v) is 9.57. The number of carbonyl (C=O) groups is 1. The first-order valence-electron chi connectivity index (χ1n) is 8.09. The van der Waals surface area contributed by atoms with E-state index in [4.69, 9.17) is 0 Å². The average Bonchev–Trinajstić information content (AvgIpc) is 3.41. The molecule has 0 aliphatic heterocycles.